The van der Waals surface area contributed by atoms with Gasteiger partial charge in [-0.3, -0.25) is 9.59 Å². The number of benzene rings is 2. The molecule has 0 radical (unpaired) electrons. The van der Waals surface area contributed by atoms with E-state index in [2.05, 4.69) is 5.32 Å². The number of sulfone groups is 1. The third-order valence-corrected chi connectivity index (χ3v) is 7.06. The number of nitrogens with one attached hydrogen (secondary N) is 1. The summed E-state index contributed by atoms with van der Waals surface area (Å²) < 4.78 is 29.6. The molecule has 1 N–H and O–H groups in total. The van der Waals surface area contributed by atoms with Crippen LogP contribution in [0.2, 0.25) is 0 Å². The number of hydrogen-bond acceptors (Lipinski definition) is 5. The van der Waals surface area contributed by atoms with E-state index in [-0.39, 0.29) is 41.9 Å². The van der Waals surface area contributed by atoms with Crippen molar-refractivity contribution in [1.82, 2.24) is 10.2 Å². The fraction of sp³-hybridized carbons (Fsp3) is 0.417. The quantitative estimate of drug-likeness (QED) is 0.624. The van der Waals surface area contributed by atoms with Gasteiger partial charge in [-0.2, -0.15) is 0 Å². The lowest BCUT2D eigenvalue weighted by Gasteiger charge is -2.30. The van der Waals surface area contributed by atoms with E-state index >= 15 is 0 Å². The van der Waals surface area contributed by atoms with Crippen LogP contribution in [0.25, 0.3) is 0 Å². The minimum Gasteiger partial charge on any atom is -0.483 e. The van der Waals surface area contributed by atoms with Crippen LogP contribution in [-0.4, -0.2) is 55.8 Å². The smallest absolute Gasteiger partial charge is 0.260 e. The van der Waals surface area contributed by atoms with Crippen molar-refractivity contribution in [3.05, 3.63) is 65.7 Å². The molecule has 7 nitrogen and oxygen atoms in total. The molecule has 3 rings (SSSR count). The summed E-state index contributed by atoms with van der Waals surface area (Å²) in [4.78, 5) is 27.3. The lowest BCUT2D eigenvalue weighted by Crippen LogP contribution is -2.45. The molecule has 1 unspecified atom stereocenters. The normalized spacial score (nSPS) is 17.2. The summed E-state index contributed by atoms with van der Waals surface area (Å²) in [5.41, 5.74) is 1.32. The maximum absolute atomic E-state index is 12.9. The second-order valence-corrected chi connectivity index (χ2v) is 10.7. The summed E-state index contributed by atoms with van der Waals surface area (Å²) in [5, 5.41) is 2.86. The van der Waals surface area contributed by atoms with Gasteiger partial charge in [-0.1, -0.05) is 56.3 Å². The van der Waals surface area contributed by atoms with Crippen LogP contribution in [0.4, 0.5) is 0 Å². The number of para-hydroxylation sites is 1. The number of ether oxygens (including phenoxy) is 1. The van der Waals surface area contributed by atoms with Gasteiger partial charge in [-0.15, -0.1) is 0 Å². The number of nitrogens with zero attached hydrogens (tertiary/aromatic N) is 1. The molecule has 0 spiro atoms. The maximum atomic E-state index is 12.9. The first-order valence-corrected chi connectivity index (χ1v) is 12.6. The lowest BCUT2D eigenvalue weighted by molar-refractivity contribution is -0.135. The number of hydrogen-bond donors (Lipinski definition) is 1. The van der Waals surface area contributed by atoms with E-state index in [1.165, 1.54) is 0 Å². The second-order valence-electron chi connectivity index (χ2n) is 8.45. The fourth-order valence-corrected chi connectivity index (χ4v) is 5.48. The van der Waals surface area contributed by atoms with Gasteiger partial charge in [0.1, 0.15) is 5.75 Å². The summed E-state index contributed by atoms with van der Waals surface area (Å²) in [5.74, 6) is 0.0285. The highest BCUT2D eigenvalue weighted by molar-refractivity contribution is 7.91. The summed E-state index contributed by atoms with van der Waals surface area (Å²) in [7, 11) is -3.11. The summed E-state index contributed by atoms with van der Waals surface area (Å²) in [6, 6.07) is 16.0. The molecule has 1 saturated heterocycles. The average molecular weight is 459 g/mol. The zero-order chi connectivity index (χ0) is 23.1. The molecule has 172 valence electrons. The topological polar surface area (TPSA) is 92.8 Å². The molecule has 2 aromatic rings. The van der Waals surface area contributed by atoms with Gasteiger partial charge in [-0.05, 0) is 30.0 Å². The van der Waals surface area contributed by atoms with Crippen LogP contribution in [0.5, 0.6) is 5.75 Å². The van der Waals surface area contributed by atoms with Crippen LogP contribution >= 0.6 is 0 Å². The predicted molar refractivity (Wildman–Crippen MR) is 123 cm³/mol. The Morgan fingerprint density at radius 3 is 2.44 bits per heavy atom. The Kier molecular flexibility index (Phi) is 7.90. The van der Waals surface area contributed by atoms with E-state index in [1.807, 2.05) is 44.2 Å². The summed E-state index contributed by atoms with van der Waals surface area (Å²) in [6.07, 6.45) is 0.444. The Labute approximate surface area is 189 Å². The van der Waals surface area contributed by atoms with Gasteiger partial charge in [-0.25, -0.2) is 8.42 Å². The van der Waals surface area contributed by atoms with Crippen molar-refractivity contribution >= 4 is 21.7 Å². The van der Waals surface area contributed by atoms with E-state index in [0.717, 1.165) is 5.56 Å². The second kappa shape index (κ2) is 10.6. The Hall–Kier alpha value is -2.87. The Balaban J connectivity index is 1.65. The molecule has 32 heavy (non-hydrogen) atoms. The SMILES string of the molecule is CC(C)CN(C(=O)COc1ccccc1C(=O)NCc1ccccc1)C1CCS(=O)(=O)C1. The molecule has 8 heteroatoms. The van der Waals surface area contributed by atoms with Gasteiger partial charge in [0.25, 0.3) is 11.8 Å². The van der Waals surface area contributed by atoms with Crippen LogP contribution < -0.4 is 10.1 Å². The molecular formula is C24H30N2O5S. The largest absolute Gasteiger partial charge is 0.483 e. The first-order chi connectivity index (χ1) is 15.2. The van der Waals surface area contributed by atoms with Crippen LogP contribution in [0.15, 0.2) is 54.6 Å². The maximum Gasteiger partial charge on any atom is 0.260 e. The van der Waals surface area contributed by atoms with Crippen molar-refractivity contribution in [2.45, 2.75) is 32.9 Å². The van der Waals surface area contributed by atoms with Crippen molar-refractivity contribution in [2.75, 3.05) is 24.7 Å². The minimum atomic E-state index is -3.11. The zero-order valence-corrected chi connectivity index (χ0v) is 19.3. The van der Waals surface area contributed by atoms with Gasteiger partial charge in [0, 0.05) is 19.1 Å². The van der Waals surface area contributed by atoms with Crippen molar-refractivity contribution in [3.63, 3.8) is 0 Å². The molecule has 0 aliphatic carbocycles. The highest BCUT2D eigenvalue weighted by atomic mass is 32.2. The van der Waals surface area contributed by atoms with Gasteiger partial charge < -0.3 is 15.0 Å². The first kappa shape index (κ1) is 23.8. The van der Waals surface area contributed by atoms with Gasteiger partial charge in [0.2, 0.25) is 0 Å². The van der Waals surface area contributed by atoms with Crippen molar-refractivity contribution in [1.29, 1.82) is 0 Å². The molecule has 1 heterocycles. The van der Waals surface area contributed by atoms with Gasteiger partial charge >= 0.3 is 0 Å². The molecule has 2 aromatic carbocycles. The number of rotatable bonds is 9. The Morgan fingerprint density at radius 1 is 1.09 bits per heavy atom. The van der Waals surface area contributed by atoms with Crippen molar-refractivity contribution < 1.29 is 22.7 Å². The van der Waals surface area contributed by atoms with Gasteiger partial charge in [0.15, 0.2) is 16.4 Å². The van der Waals surface area contributed by atoms with Crippen molar-refractivity contribution in [2.24, 2.45) is 5.92 Å². The molecule has 0 saturated carbocycles. The summed E-state index contributed by atoms with van der Waals surface area (Å²) in [6.45, 7) is 4.55. The van der Waals surface area contributed by atoms with E-state index in [9.17, 15) is 18.0 Å². The molecule has 0 bridgehead atoms. The molecule has 2 amide bonds. The highest BCUT2D eigenvalue weighted by Crippen LogP contribution is 2.21. The van der Waals surface area contributed by atoms with Crippen LogP contribution in [0.1, 0.15) is 36.2 Å². The standard InChI is InChI=1S/C24H30N2O5S/c1-18(2)15-26(20-12-13-32(29,30)17-20)23(27)16-31-22-11-7-6-10-21(22)24(28)25-14-19-8-4-3-5-9-19/h3-11,18,20H,12-17H2,1-2H3,(H,25,28). The fourth-order valence-electron chi connectivity index (χ4n) is 3.75. The minimum absolute atomic E-state index is 0.00998. The molecule has 1 atom stereocenters. The van der Waals surface area contributed by atoms with Crippen molar-refractivity contribution in [3.8, 4) is 5.75 Å². The number of carbonyl (C=O) groups excluding carboxylic acids is 2. The molecule has 1 aliphatic rings. The average Bonchev–Trinajstić information content (AvgIpc) is 3.14. The number of carbonyl (C=O) groups is 2. The van der Waals surface area contributed by atoms with E-state index in [4.69, 9.17) is 4.74 Å². The number of amides is 2. The molecule has 1 fully saturated rings. The van der Waals surface area contributed by atoms with Crippen LogP contribution in [-0.2, 0) is 21.2 Å². The molecule has 0 aromatic heterocycles. The van der Waals surface area contributed by atoms with Gasteiger partial charge in [0.05, 0.1) is 17.1 Å². The monoisotopic (exact) mass is 458 g/mol. The highest BCUT2D eigenvalue weighted by Gasteiger charge is 2.35. The first-order valence-electron chi connectivity index (χ1n) is 10.8. The van der Waals surface area contributed by atoms with E-state index in [0.29, 0.717) is 30.8 Å². The Bertz CT molecular complexity index is 1040. The third kappa shape index (κ3) is 6.56. The Morgan fingerprint density at radius 2 is 1.78 bits per heavy atom. The van der Waals surface area contributed by atoms with E-state index < -0.39 is 9.84 Å². The van der Waals surface area contributed by atoms with Crippen LogP contribution in [0, 0.1) is 5.92 Å². The third-order valence-electron chi connectivity index (χ3n) is 5.31. The van der Waals surface area contributed by atoms with E-state index in [1.54, 1.807) is 29.2 Å². The summed E-state index contributed by atoms with van der Waals surface area (Å²) >= 11 is 0. The predicted octanol–water partition coefficient (Wildman–Crippen LogP) is 2.67. The lowest BCUT2D eigenvalue weighted by atomic mass is 10.1. The zero-order valence-electron chi connectivity index (χ0n) is 18.5. The molecule has 1 aliphatic heterocycles. The molecular weight excluding hydrogens is 428 g/mol. The van der Waals surface area contributed by atoms with Crippen LogP contribution in [0.3, 0.4) is 0 Å².